The van der Waals surface area contributed by atoms with Crippen molar-refractivity contribution >= 4 is 68.8 Å². The largest absolute Gasteiger partial charge is 0.309 e. The Hall–Kier alpha value is -3.66. The smallest absolute Gasteiger partial charge is 0.0541 e. The molecule has 0 saturated carbocycles. The van der Waals surface area contributed by atoms with E-state index in [0.29, 0.717) is 0 Å². The Balaban J connectivity index is 1.53. The molecular weight excluding hydrogens is 438 g/mol. The van der Waals surface area contributed by atoms with E-state index in [0.717, 1.165) is 0 Å². The Morgan fingerprint density at radius 1 is 0.515 bits per heavy atom. The fourth-order valence-electron chi connectivity index (χ4n) is 4.25. The molecule has 0 radical (unpaired) electrons. The first-order valence-electron chi connectivity index (χ1n) is 10.9. The van der Waals surface area contributed by atoms with Crippen LogP contribution in [0.3, 0.4) is 0 Å². The fourth-order valence-corrected chi connectivity index (χ4v) is 5.49. The lowest BCUT2D eigenvalue weighted by Crippen LogP contribution is -1.92. The maximum Gasteiger partial charge on any atom is 0.0541 e. The molecule has 0 amide bonds. The van der Waals surface area contributed by atoms with Crippen molar-refractivity contribution in [3.05, 3.63) is 123 Å². The number of hydrogen-bond acceptors (Lipinski definition) is 2. The predicted molar refractivity (Wildman–Crippen MR) is 147 cm³/mol. The van der Waals surface area contributed by atoms with Crippen molar-refractivity contribution in [1.29, 1.82) is 0 Å². The van der Waals surface area contributed by atoms with E-state index in [1.165, 1.54) is 48.4 Å². The lowest BCUT2D eigenvalue weighted by Gasteiger charge is -2.07. The molecule has 158 valence electrons. The molecule has 0 aliphatic heterocycles. The van der Waals surface area contributed by atoms with Gasteiger partial charge in [-0.25, -0.2) is 0 Å². The van der Waals surface area contributed by atoms with Crippen molar-refractivity contribution in [2.75, 3.05) is 0 Å². The van der Waals surface area contributed by atoms with Gasteiger partial charge in [0.05, 0.1) is 11.0 Å². The number of para-hydroxylation sites is 1. The predicted octanol–water partition coefficient (Wildman–Crippen LogP) is 9.25. The highest BCUT2D eigenvalue weighted by atomic mass is 32.1. The van der Waals surface area contributed by atoms with Crippen LogP contribution in [-0.4, -0.2) is 4.57 Å². The van der Waals surface area contributed by atoms with Gasteiger partial charge in [-0.15, -0.1) is 22.7 Å². The van der Waals surface area contributed by atoms with Crippen LogP contribution < -0.4 is 0 Å². The first kappa shape index (κ1) is 20.0. The minimum atomic E-state index is 1.18. The minimum Gasteiger partial charge on any atom is -0.309 e. The van der Waals surface area contributed by atoms with Gasteiger partial charge in [-0.1, -0.05) is 54.6 Å². The molecule has 3 heterocycles. The molecule has 0 spiro atoms. The summed E-state index contributed by atoms with van der Waals surface area (Å²) in [5.41, 5.74) is 6.05. The summed E-state index contributed by atoms with van der Waals surface area (Å²) in [6, 6.07) is 32.6. The third-order valence-corrected chi connectivity index (χ3v) is 7.47. The normalized spacial score (nSPS) is 12.0. The van der Waals surface area contributed by atoms with E-state index >= 15 is 0 Å². The van der Waals surface area contributed by atoms with Crippen LogP contribution in [0.1, 0.15) is 20.9 Å². The van der Waals surface area contributed by atoms with Crippen molar-refractivity contribution in [2.45, 2.75) is 0 Å². The van der Waals surface area contributed by atoms with Crippen LogP contribution in [-0.2, 0) is 0 Å². The average molecular weight is 460 g/mol. The van der Waals surface area contributed by atoms with E-state index in [-0.39, 0.29) is 0 Å². The van der Waals surface area contributed by atoms with E-state index in [4.69, 9.17) is 0 Å². The second-order valence-electron chi connectivity index (χ2n) is 7.92. The fraction of sp³-hybridized carbons (Fsp3) is 0. The standard InChI is InChI=1S/C30H21NS2/c1-2-6-24(7-3-1)31-29-16-12-22(10-14-25-8-4-18-32-25)20-27(29)28-21-23(13-17-30(28)31)11-15-26-9-5-19-33-26/h1-21H/b14-10+,15-11+. The first-order valence-corrected chi connectivity index (χ1v) is 12.7. The number of rotatable bonds is 5. The number of fused-ring (bicyclic) bond motifs is 3. The van der Waals surface area contributed by atoms with Crippen LogP contribution in [0.25, 0.3) is 51.8 Å². The highest BCUT2D eigenvalue weighted by Crippen LogP contribution is 2.34. The van der Waals surface area contributed by atoms with Gasteiger partial charge < -0.3 is 4.57 Å². The second kappa shape index (κ2) is 8.70. The third kappa shape index (κ3) is 3.97. The van der Waals surface area contributed by atoms with Crippen molar-refractivity contribution < 1.29 is 0 Å². The topological polar surface area (TPSA) is 4.93 Å². The monoisotopic (exact) mass is 459 g/mol. The molecule has 0 unspecified atom stereocenters. The van der Waals surface area contributed by atoms with Crippen molar-refractivity contribution in [1.82, 2.24) is 4.57 Å². The summed E-state index contributed by atoms with van der Waals surface area (Å²) in [7, 11) is 0. The number of thiophene rings is 2. The van der Waals surface area contributed by atoms with Gasteiger partial charge in [0.15, 0.2) is 0 Å². The number of benzene rings is 3. The van der Waals surface area contributed by atoms with Gasteiger partial charge >= 0.3 is 0 Å². The molecule has 1 nitrogen and oxygen atoms in total. The molecule has 0 aliphatic carbocycles. The summed E-state index contributed by atoms with van der Waals surface area (Å²) < 4.78 is 2.37. The summed E-state index contributed by atoms with van der Waals surface area (Å²) in [5.74, 6) is 0. The molecule has 0 fully saturated rings. The summed E-state index contributed by atoms with van der Waals surface area (Å²) in [6.07, 6.45) is 8.80. The number of aromatic nitrogens is 1. The Kier molecular flexibility index (Phi) is 5.27. The number of nitrogens with zero attached hydrogens (tertiary/aromatic N) is 1. The van der Waals surface area contributed by atoms with E-state index in [2.05, 4.69) is 131 Å². The molecule has 0 bridgehead atoms. The van der Waals surface area contributed by atoms with Gasteiger partial charge in [0, 0.05) is 26.2 Å². The Bertz CT molecular complexity index is 1480. The zero-order valence-corrected chi connectivity index (χ0v) is 19.5. The molecule has 0 atom stereocenters. The van der Waals surface area contributed by atoms with Gasteiger partial charge in [-0.2, -0.15) is 0 Å². The number of hydrogen-bond donors (Lipinski definition) is 0. The van der Waals surface area contributed by atoms with Crippen molar-refractivity contribution in [3.63, 3.8) is 0 Å². The van der Waals surface area contributed by atoms with Gasteiger partial charge in [0.25, 0.3) is 0 Å². The van der Waals surface area contributed by atoms with Gasteiger partial charge in [-0.3, -0.25) is 0 Å². The molecule has 0 saturated heterocycles. The van der Waals surface area contributed by atoms with Crippen LogP contribution in [0.2, 0.25) is 0 Å². The van der Waals surface area contributed by atoms with E-state index < -0.39 is 0 Å². The molecule has 3 aromatic heterocycles. The molecule has 33 heavy (non-hydrogen) atoms. The lowest BCUT2D eigenvalue weighted by molar-refractivity contribution is 1.18. The summed E-state index contributed by atoms with van der Waals surface area (Å²) in [6.45, 7) is 0. The molecule has 3 heteroatoms. The summed E-state index contributed by atoms with van der Waals surface area (Å²) in [4.78, 5) is 2.53. The Morgan fingerprint density at radius 3 is 1.55 bits per heavy atom. The second-order valence-corrected chi connectivity index (χ2v) is 9.88. The van der Waals surface area contributed by atoms with Crippen molar-refractivity contribution in [2.24, 2.45) is 0 Å². The first-order chi connectivity index (χ1) is 16.3. The zero-order valence-electron chi connectivity index (χ0n) is 17.9. The molecule has 3 aromatic carbocycles. The van der Waals surface area contributed by atoms with Gasteiger partial charge in [0.2, 0.25) is 0 Å². The van der Waals surface area contributed by atoms with Crippen LogP contribution in [0.4, 0.5) is 0 Å². The average Bonchev–Trinajstić information content (AvgIpc) is 3.62. The molecule has 6 rings (SSSR count). The van der Waals surface area contributed by atoms with E-state index in [9.17, 15) is 0 Å². The molecule has 6 aromatic rings. The van der Waals surface area contributed by atoms with Crippen LogP contribution in [0.15, 0.2) is 102 Å². The van der Waals surface area contributed by atoms with Crippen molar-refractivity contribution in [3.8, 4) is 5.69 Å². The molecule has 0 aliphatic rings. The van der Waals surface area contributed by atoms with Crippen LogP contribution >= 0.6 is 22.7 Å². The Morgan fingerprint density at radius 2 is 1.06 bits per heavy atom. The third-order valence-electron chi connectivity index (χ3n) is 5.79. The quantitative estimate of drug-likeness (QED) is 0.242. The maximum atomic E-state index is 2.37. The molecule has 0 N–H and O–H groups in total. The SMILES string of the molecule is C(=C\c1cccs1)/c1ccc2c(c1)c1cc(/C=C/c3cccs3)ccc1n2-c1ccccc1. The highest BCUT2D eigenvalue weighted by Gasteiger charge is 2.12. The van der Waals surface area contributed by atoms with Gasteiger partial charge in [-0.05, 0) is 82.6 Å². The maximum absolute atomic E-state index is 2.37. The zero-order chi connectivity index (χ0) is 22.0. The Labute approximate surface area is 201 Å². The minimum absolute atomic E-state index is 1.18. The van der Waals surface area contributed by atoms with E-state index in [1.807, 2.05) is 0 Å². The summed E-state index contributed by atoms with van der Waals surface area (Å²) >= 11 is 3.52. The van der Waals surface area contributed by atoms with Gasteiger partial charge in [0.1, 0.15) is 0 Å². The van der Waals surface area contributed by atoms with E-state index in [1.54, 1.807) is 22.7 Å². The molecular formula is C30H21NS2. The lowest BCUT2D eigenvalue weighted by atomic mass is 10.1. The van der Waals surface area contributed by atoms with Crippen LogP contribution in [0, 0.1) is 0 Å². The van der Waals surface area contributed by atoms with Crippen LogP contribution in [0.5, 0.6) is 0 Å². The summed E-state index contributed by atoms with van der Waals surface area (Å²) in [5, 5.41) is 6.77. The highest BCUT2D eigenvalue weighted by molar-refractivity contribution is 7.11.